The molecule has 0 atom stereocenters. The van der Waals surface area contributed by atoms with Crippen LogP contribution in [-0.4, -0.2) is 34.1 Å². The van der Waals surface area contributed by atoms with E-state index in [-0.39, 0.29) is 30.4 Å². The van der Waals surface area contributed by atoms with Gasteiger partial charge in [-0.2, -0.15) is 13.2 Å². The molecule has 0 fully saturated rings. The van der Waals surface area contributed by atoms with E-state index in [9.17, 15) is 26.4 Å². The highest BCUT2D eigenvalue weighted by molar-refractivity contribution is 7.91. The van der Waals surface area contributed by atoms with Gasteiger partial charge in [-0.1, -0.05) is 19.1 Å². The Balaban J connectivity index is 2.46. The summed E-state index contributed by atoms with van der Waals surface area (Å²) in [5.41, 5.74) is 3.93. The molecule has 2 aromatic rings. The van der Waals surface area contributed by atoms with Crippen LogP contribution in [0.5, 0.6) is 0 Å². The van der Waals surface area contributed by atoms with E-state index in [0.717, 1.165) is 12.1 Å². The number of para-hydroxylation sites is 1. The molecular weight excluding hydrogens is 421 g/mol. The van der Waals surface area contributed by atoms with Crippen LogP contribution in [0.3, 0.4) is 0 Å². The van der Waals surface area contributed by atoms with Crippen molar-refractivity contribution >= 4 is 27.2 Å². The van der Waals surface area contributed by atoms with Crippen molar-refractivity contribution in [2.75, 3.05) is 30.3 Å². The molecule has 0 radical (unpaired) electrons. The second kappa shape index (κ2) is 9.38. The maximum absolute atomic E-state index is 13.2. The van der Waals surface area contributed by atoms with Crippen molar-refractivity contribution in [1.82, 2.24) is 0 Å². The summed E-state index contributed by atoms with van der Waals surface area (Å²) < 4.78 is 71.0. The molecule has 0 aliphatic rings. The fourth-order valence-electron chi connectivity index (χ4n) is 2.84. The fourth-order valence-corrected chi connectivity index (χ4v) is 4.35. The SMILES string of the molecule is CCC(=O)OCCN(CC)c1ccccc1S(=O)(=O)c1ccc(N)c(C(F)(F)F)c1. The molecule has 0 spiro atoms. The van der Waals surface area contributed by atoms with Crippen LogP contribution < -0.4 is 10.6 Å². The third-order valence-electron chi connectivity index (χ3n) is 4.43. The average Bonchev–Trinajstić information content (AvgIpc) is 2.70. The first-order valence-corrected chi connectivity index (χ1v) is 10.7. The molecule has 2 rings (SSSR count). The maximum atomic E-state index is 13.2. The minimum absolute atomic E-state index is 0.0506. The van der Waals surface area contributed by atoms with E-state index in [0.29, 0.717) is 18.3 Å². The van der Waals surface area contributed by atoms with Crippen LogP contribution in [0.15, 0.2) is 52.3 Å². The van der Waals surface area contributed by atoms with Crippen LogP contribution in [-0.2, 0) is 25.5 Å². The number of nitrogens with two attached hydrogens (primary N) is 1. The van der Waals surface area contributed by atoms with Crippen LogP contribution in [0.4, 0.5) is 24.5 Å². The molecule has 0 bridgehead atoms. The van der Waals surface area contributed by atoms with Gasteiger partial charge in [0, 0.05) is 18.7 Å². The summed E-state index contributed by atoms with van der Waals surface area (Å²) in [7, 11) is -4.28. The Morgan fingerprint density at radius 3 is 2.40 bits per heavy atom. The van der Waals surface area contributed by atoms with Gasteiger partial charge in [0.2, 0.25) is 9.84 Å². The third-order valence-corrected chi connectivity index (χ3v) is 6.23. The van der Waals surface area contributed by atoms with Crippen molar-refractivity contribution in [1.29, 1.82) is 0 Å². The lowest BCUT2D eigenvalue weighted by Crippen LogP contribution is -2.29. The molecule has 30 heavy (non-hydrogen) atoms. The van der Waals surface area contributed by atoms with Crippen molar-refractivity contribution in [3.63, 3.8) is 0 Å². The number of alkyl halides is 3. The number of hydrogen-bond acceptors (Lipinski definition) is 6. The molecule has 0 amide bonds. The lowest BCUT2D eigenvalue weighted by Gasteiger charge is -2.25. The second-order valence-electron chi connectivity index (χ2n) is 6.37. The number of carbonyl (C=O) groups excluding carboxylic acids is 1. The van der Waals surface area contributed by atoms with Gasteiger partial charge in [-0.15, -0.1) is 0 Å². The van der Waals surface area contributed by atoms with E-state index in [1.165, 1.54) is 12.1 Å². The van der Waals surface area contributed by atoms with E-state index < -0.39 is 32.2 Å². The zero-order valence-corrected chi connectivity index (χ0v) is 17.4. The van der Waals surface area contributed by atoms with Gasteiger partial charge in [-0.05, 0) is 37.3 Å². The molecule has 0 unspecified atom stereocenters. The van der Waals surface area contributed by atoms with E-state index in [2.05, 4.69) is 0 Å². The van der Waals surface area contributed by atoms with Crippen molar-refractivity contribution in [3.8, 4) is 0 Å². The van der Waals surface area contributed by atoms with Gasteiger partial charge in [0.1, 0.15) is 6.61 Å². The maximum Gasteiger partial charge on any atom is 0.418 e. The molecule has 0 heterocycles. The van der Waals surface area contributed by atoms with E-state index in [4.69, 9.17) is 10.5 Å². The number of nitrogens with zero attached hydrogens (tertiary/aromatic N) is 1. The Bertz CT molecular complexity index is 1010. The molecule has 164 valence electrons. The fraction of sp³-hybridized carbons (Fsp3) is 0.350. The first-order valence-electron chi connectivity index (χ1n) is 9.23. The van der Waals surface area contributed by atoms with Gasteiger partial charge in [-0.3, -0.25) is 4.79 Å². The number of rotatable bonds is 8. The van der Waals surface area contributed by atoms with Gasteiger partial charge in [0.25, 0.3) is 0 Å². The predicted molar refractivity (Wildman–Crippen MR) is 107 cm³/mol. The lowest BCUT2D eigenvalue weighted by atomic mass is 10.2. The number of anilines is 2. The Kier molecular flexibility index (Phi) is 7.35. The zero-order valence-electron chi connectivity index (χ0n) is 16.6. The number of carbonyl (C=O) groups is 1. The van der Waals surface area contributed by atoms with Gasteiger partial charge in [0.15, 0.2) is 0 Å². The third kappa shape index (κ3) is 5.24. The molecule has 6 nitrogen and oxygen atoms in total. The molecule has 10 heteroatoms. The van der Waals surface area contributed by atoms with Crippen LogP contribution in [0.25, 0.3) is 0 Å². The van der Waals surface area contributed by atoms with E-state index in [1.54, 1.807) is 30.9 Å². The highest BCUT2D eigenvalue weighted by atomic mass is 32.2. The number of benzene rings is 2. The molecule has 2 aromatic carbocycles. The number of hydrogen-bond donors (Lipinski definition) is 1. The molecule has 0 saturated carbocycles. The summed E-state index contributed by atoms with van der Waals surface area (Å²) >= 11 is 0. The minimum atomic E-state index is -4.78. The van der Waals surface area contributed by atoms with Crippen molar-refractivity contribution < 1.29 is 31.1 Å². The van der Waals surface area contributed by atoms with Crippen LogP contribution >= 0.6 is 0 Å². The number of halogens is 3. The minimum Gasteiger partial charge on any atom is -0.464 e. The van der Waals surface area contributed by atoms with Crippen molar-refractivity contribution in [3.05, 3.63) is 48.0 Å². The van der Waals surface area contributed by atoms with Gasteiger partial charge in [0.05, 0.1) is 27.6 Å². The molecule has 0 aromatic heterocycles. The highest BCUT2D eigenvalue weighted by Crippen LogP contribution is 2.37. The summed E-state index contributed by atoms with van der Waals surface area (Å²) in [5.74, 6) is -0.381. The van der Waals surface area contributed by atoms with Crippen LogP contribution in [0, 0.1) is 0 Å². The summed E-state index contributed by atoms with van der Waals surface area (Å²) in [4.78, 5) is 12.4. The average molecular weight is 444 g/mol. The predicted octanol–water partition coefficient (Wildman–Crippen LogP) is 3.90. The monoisotopic (exact) mass is 444 g/mol. The van der Waals surface area contributed by atoms with Gasteiger partial charge >= 0.3 is 12.1 Å². The lowest BCUT2D eigenvalue weighted by molar-refractivity contribution is -0.143. The van der Waals surface area contributed by atoms with Crippen molar-refractivity contribution in [2.45, 2.75) is 36.2 Å². The zero-order chi connectivity index (χ0) is 22.5. The number of sulfone groups is 1. The summed E-state index contributed by atoms with van der Waals surface area (Å²) in [6, 6.07) is 8.52. The quantitative estimate of drug-likeness (QED) is 0.491. The second-order valence-corrected chi connectivity index (χ2v) is 8.29. The highest BCUT2D eigenvalue weighted by Gasteiger charge is 2.35. The topological polar surface area (TPSA) is 89.7 Å². The number of esters is 1. The van der Waals surface area contributed by atoms with E-state index in [1.807, 2.05) is 0 Å². The summed E-state index contributed by atoms with van der Waals surface area (Å²) in [6.07, 6.45) is -4.57. The standard InChI is InChI=1S/C20H23F3N2O4S/c1-3-19(26)29-12-11-25(4-2)17-7-5-6-8-18(17)30(27,28)14-9-10-16(24)15(13-14)20(21,22)23/h5-10,13H,3-4,11-12,24H2,1-2H3. The van der Waals surface area contributed by atoms with Crippen LogP contribution in [0.2, 0.25) is 0 Å². The van der Waals surface area contributed by atoms with E-state index >= 15 is 0 Å². The Labute approximate surface area is 173 Å². The largest absolute Gasteiger partial charge is 0.464 e. The molecule has 0 aliphatic heterocycles. The Morgan fingerprint density at radius 2 is 1.80 bits per heavy atom. The first kappa shape index (κ1) is 23.5. The van der Waals surface area contributed by atoms with Crippen LogP contribution in [0.1, 0.15) is 25.8 Å². The molecular formula is C20H23F3N2O4S. The van der Waals surface area contributed by atoms with Crippen molar-refractivity contribution in [2.24, 2.45) is 0 Å². The number of likely N-dealkylation sites (N-methyl/N-ethyl adjacent to an activating group) is 1. The normalized spacial score (nSPS) is 11.9. The number of ether oxygens (including phenoxy) is 1. The van der Waals surface area contributed by atoms with Gasteiger partial charge < -0.3 is 15.4 Å². The molecule has 0 saturated heterocycles. The smallest absolute Gasteiger partial charge is 0.418 e. The van der Waals surface area contributed by atoms with Gasteiger partial charge in [-0.25, -0.2) is 8.42 Å². The molecule has 2 N–H and O–H groups in total. The molecule has 0 aliphatic carbocycles. The summed E-state index contributed by atoms with van der Waals surface area (Å²) in [5, 5.41) is 0. The Hall–Kier alpha value is -2.75. The number of nitrogen functional groups attached to an aromatic ring is 1. The first-order chi connectivity index (χ1) is 14.0. The summed E-state index contributed by atoms with van der Waals surface area (Å²) in [6.45, 7) is 4.12. The Morgan fingerprint density at radius 1 is 1.13 bits per heavy atom.